The molecular weight excluding hydrogens is 112 g/mol. The van der Waals surface area contributed by atoms with Gasteiger partial charge in [0.25, 0.3) is 0 Å². The number of rotatable bonds is 1. The Morgan fingerprint density at radius 1 is 1.78 bits per heavy atom. The zero-order valence-corrected chi connectivity index (χ0v) is 5.18. The molecule has 0 fully saturated rings. The first-order chi connectivity index (χ1) is 4.34. The van der Waals surface area contributed by atoms with Crippen molar-refractivity contribution >= 4 is 5.78 Å². The Bertz CT molecular complexity index is 193. The molecule has 0 saturated heterocycles. The highest BCUT2D eigenvalue weighted by molar-refractivity contribution is 5.97. The van der Waals surface area contributed by atoms with Gasteiger partial charge in [0.05, 0.1) is 0 Å². The Balaban J connectivity index is 2.60. The first-order valence-electron chi connectivity index (χ1n) is 3.00. The summed E-state index contributed by atoms with van der Waals surface area (Å²) < 4.78 is 0. The van der Waals surface area contributed by atoms with Gasteiger partial charge in [-0.3, -0.25) is 4.79 Å². The summed E-state index contributed by atoms with van der Waals surface area (Å²) in [7, 11) is 0. The molecule has 0 spiro atoms. The van der Waals surface area contributed by atoms with Crippen LogP contribution in [0, 0.1) is 12.3 Å². The Labute approximate surface area is 54.8 Å². The molecule has 1 heteroatoms. The minimum atomic E-state index is 0.230. The summed E-state index contributed by atoms with van der Waals surface area (Å²) in [5, 5.41) is 0. The van der Waals surface area contributed by atoms with Gasteiger partial charge in [-0.05, 0) is 6.42 Å². The average molecular weight is 120 g/mol. The molecular formula is C8H8O. The molecule has 0 unspecified atom stereocenters. The molecule has 0 radical (unpaired) electrons. The predicted molar refractivity (Wildman–Crippen MR) is 35.8 cm³/mol. The average Bonchev–Trinajstić information content (AvgIpc) is 2.18. The second-order valence-electron chi connectivity index (χ2n) is 2.07. The summed E-state index contributed by atoms with van der Waals surface area (Å²) in [5.41, 5.74) is 0.831. The van der Waals surface area contributed by atoms with Gasteiger partial charge in [-0.1, -0.05) is 6.08 Å². The van der Waals surface area contributed by atoms with E-state index in [1.165, 1.54) is 0 Å². The largest absolute Gasteiger partial charge is 0.295 e. The molecule has 46 valence electrons. The summed E-state index contributed by atoms with van der Waals surface area (Å²) >= 11 is 0. The zero-order chi connectivity index (χ0) is 6.69. The normalized spacial score (nSPS) is 17.2. The number of carbonyl (C=O) groups excluding carboxylic acids is 1. The number of hydrogen-bond acceptors (Lipinski definition) is 1. The summed E-state index contributed by atoms with van der Waals surface area (Å²) in [4.78, 5) is 10.8. The van der Waals surface area contributed by atoms with Gasteiger partial charge < -0.3 is 0 Å². The molecule has 0 aromatic rings. The Hall–Kier alpha value is -1.03. The monoisotopic (exact) mass is 120 g/mol. The van der Waals surface area contributed by atoms with Crippen LogP contribution < -0.4 is 0 Å². The van der Waals surface area contributed by atoms with Gasteiger partial charge in [0.1, 0.15) is 0 Å². The smallest absolute Gasteiger partial charge is 0.159 e. The van der Waals surface area contributed by atoms with E-state index in [0.29, 0.717) is 12.8 Å². The molecule has 1 rings (SSSR count). The first-order valence-corrected chi connectivity index (χ1v) is 3.00. The molecule has 0 atom stereocenters. The fourth-order valence-corrected chi connectivity index (χ4v) is 0.933. The van der Waals surface area contributed by atoms with Crippen molar-refractivity contribution in [2.45, 2.75) is 19.3 Å². The Kier molecular flexibility index (Phi) is 1.69. The molecule has 0 saturated carbocycles. The molecule has 1 nitrogen and oxygen atoms in total. The number of hydrogen-bond donors (Lipinski definition) is 0. The molecule has 1 aliphatic carbocycles. The van der Waals surface area contributed by atoms with Gasteiger partial charge in [0, 0.05) is 18.4 Å². The van der Waals surface area contributed by atoms with Crippen LogP contribution in [-0.4, -0.2) is 5.78 Å². The first kappa shape index (κ1) is 6.10. The Morgan fingerprint density at radius 2 is 2.56 bits per heavy atom. The summed E-state index contributed by atoms with van der Waals surface area (Å²) in [5.74, 6) is 2.68. The molecule has 1 aliphatic rings. The van der Waals surface area contributed by atoms with Gasteiger partial charge in [0.2, 0.25) is 0 Å². The van der Waals surface area contributed by atoms with E-state index in [9.17, 15) is 4.79 Å². The van der Waals surface area contributed by atoms with Crippen molar-refractivity contribution in [3.63, 3.8) is 0 Å². The van der Waals surface area contributed by atoms with Crippen molar-refractivity contribution in [2.75, 3.05) is 0 Å². The van der Waals surface area contributed by atoms with E-state index in [2.05, 4.69) is 5.92 Å². The van der Waals surface area contributed by atoms with Crippen LogP contribution in [0.4, 0.5) is 0 Å². The maximum Gasteiger partial charge on any atom is 0.159 e. The lowest BCUT2D eigenvalue weighted by Crippen LogP contribution is -1.93. The van der Waals surface area contributed by atoms with Crippen molar-refractivity contribution in [1.82, 2.24) is 0 Å². The van der Waals surface area contributed by atoms with Crippen LogP contribution in [-0.2, 0) is 4.79 Å². The van der Waals surface area contributed by atoms with Crippen LogP contribution in [0.3, 0.4) is 0 Å². The molecule has 0 bridgehead atoms. The van der Waals surface area contributed by atoms with Crippen molar-refractivity contribution < 1.29 is 4.79 Å². The fraction of sp³-hybridized carbons (Fsp3) is 0.375. The van der Waals surface area contributed by atoms with Crippen LogP contribution in [0.25, 0.3) is 0 Å². The van der Waals surface area contributed by atoms with Gasteiger partial charge in [-0.25, -0.2) is 0 Å². The van der Waals surface area contributed by atoms with Gasteiger partial charge in [0.15, 0.2) is 5.78 Å². The molecule has 9 heavy (non-hydrogen) atoms. The standard InChI is InChI=1S/C8H8O/c1-2-4-7-5-3-6-8(7)9/h1,5H,3-4,6H2. The van der Waals surface area contributed by atoms with Gasteiger partial charge in [-0.15, -0.1) is 12.3 Å². The van der Waals surface area contributed by atoms with Crippen LogP contribution in [0.2, 0.25) is 0 Å². The number of Topliss-reactive ketones (excluding diaryl/α,β-unsaturated/α-hetero) is 1. The lowest BCUT2D eigenvalue weighted by Gasteiger charge is -1.88. The van der Waals surface area contributed by atoms with Crippen molar-refractivity contribution in [1.29, 1.82) is 0 Å². The number of carbonyl (C=O) groups is 1. The number of allylic oxidation sites excluding steroid dienone is 2. The van der Waals surface area contributed by atoms with Crippen molar-refractivity contribution in [2.24, 2.45) is 0 Å². The van der Waals surface area contributed by atoms with Crippen LogP contribution in [0.1, 0.15) is 19.3 Å². The lowest BCUT2D eigenvalue weighted by molar-refractivity contribution is -0.114. The van der Waals surface area contributed by atoms with Crippen LogP contribution >= 0.6 is 0 Å². The Morgan fingerprint density at radius 3 is 3.00 bits per heavy atom. The third kappa shape index (κ3) is 1.20. The zero-order valence-electron chi connectivity index (χ0n) is 5.18. The van der Waals surface area contributed by atoms with E-state index < -0.39 is 0 Å². The fourth-order valence-electron chi connectivity index (χ4n) is 0.933. The van der Waals surface area contributed by atoms with Crippen LogP contribution in [0.15, 0.2) is 11.6 Å². The van der Waals surface area contributed by atoms with Gasteiger partial charge in [-0.2, -0.15) is 0 Å². The highest BCUT2D eigenvalue weighted by Gasteiger charge is 2.12. The second kappa shape index (κ2) is 2.50. The minimum absolute atomic E-state index is 0.230. The van der Waals surface area contributed by atoms with E-state index in [1.54, 1.807) is 0 Å². The van der Waals surface area contributed by atoms with Crippen LogP contribution in [0.5, 0.6) is 0 Å². The third-order valence-electron chi connectivity index (χ3n) is 1.41. The summed E-state index contributed by atoms with van der Waals surface area (Å²) in [6, 6.07) is 0. The number of terminal acetylenes is 1. The topological polar surface area (TPSA) is 17.1 Å². The molecule has 0 N–H and O–H groups in total. The maximum absolute atomic E-state index is 10.8. The third-order valence-corrected chi connectivity index (χ3v) is 1.41. The van der Waals surface area contributed by atoms with E-state index in [-0.39, 0.29) is 5.78 Å². The lowest BCUT2D eigenvalue weighted by atomic mass is 10.1. The van der Waals surface area contributed by atoms with Crippen molar-refractivity contribution in [3.8, 4) is 12.3 Å². The van der Waals surface area contributed by atoms with E-state index >= 15 is 0 Å². The molecule has 0 aliphatic heterocycles. The highest BCUT2D eigenvalue weighted by atomic mass is 16.1. The maximum atomic E-state index is 10.8. The van der Waals surface area contributed by atoms with E-state index in [4.69, 9.17) is 6.42 Å². The SMILES string of the molecule is C#CCC1=CCCC1=O. The van der Waals surface area contributed by atoms with E-state index in [1.807, 2.05) is 6.08 Å². The second-order valence-corrected chi connectivity index (χ2v) is 2.07. The summed E-state index contributed by atoms with van der Waals surface area (Å²) in [6.45, 7) is 0. The number of ketones is 1. The molecule has 0 aromatic carbocycles. The molecule has 0 heterocycles. The summed E-state index contributed by atoms with van der Waals surface area (Å²) in [6.07, 6.45) is 9.02. The minimum Gasteiger partial charge on any atom is -0.295 e. The van der Waals surface area contributed by atoms with E-state index in [0.717, 1.165) is 12.0 Å². The van der Waals surface area contributed by atoms with Crippen molar-refractivity contribution in [3.05, 3.63) is 11.6 Å². The molecule has 0 amide bonds. The van der Waals surface area contributed by atoms with Gasteiger partial charge >= 0.3 is 0 Å². The highest BCUT2D eigenvalue weighted by Crippen LogP contribution is 2.15. The quantitative estimate of drug-likeness (QED) is 0.477. The predicted octanol–water partition coefficient (Wildman–Crippen LogP) is 1.30. The molecule has 0 aromatic heterocycles.